The lowest BCUT2D eigenvalue weighted by Crippen LogP contribution is -2.44. The molecule has 1 aliphatic rings. The van der Waals surface area contributed by atoms with Gasteiger partial charge < -0.3 is 20.6 Å². The Morgan fingerprint density at radius 3 is 2.35 bits per heavy atom. The zero-order valence-corrected chi connectivity index (χ0v) is 13.0. The summed E-state index contributed by atoms with van der Waals surface area (Å²) in [5.74, 6) is -1.44. The standard InChI is InChI=1S/C16H21N3O4/c1-2-14(20)17-12-5-7-13(8-6-12)18-16(23)19-9-3-4-11(10-19)15(21)22/h5-8,11H,2-4,9-10H2,1H3,(H,17,20)(H,18,23)(H,21,22). The van der Waals surface area contributed by atoms with Gasteiger partial charge in [-0.25, -0.2) is 4.79 Å². The molecule has 0 aromatic heterocycles. The Morgan fingerprint density at radius 2 is 1.78 bits per heavy atom. The molecule has 1 fully saturated rings. The van der Waals surface area contributed by atoms with Crippen molar-refractivity contribution >= 4 is 29.3 Å². The van der Waals surface area contributed by atoms with Gasteiger partial charge in [0.1, 0.15) is 0 Å². The van der Waals surface area contributed by atoms with E-state index >= 15 is 0 Å². The number of carbonyl (C=O) groups is 3. The molecule has 7 nitrogen and oxygen atoms in total. The quantitative estimate of drug-likeness (QED) is 0.793. The van der Waals surface area contributed by atoms with Crippen molar-refractivity contribution in [3.05, 3.63) is 24.3 Å². The number of hydrogen-bond acceptors (Lipinski definition) is 3. The van der Waals surface area contributed by atoms with Gasteiger partial charge in [0.15, 0.2) is 0 Å². The van der Waals surface area contributed by atoms with Crippen LogP contribution < -0.4 is 10.6 Å². The van der Waals surface area contributed by atoms with Gasteiger partial charge in [0, 0.05) is 30.9 Å². The van der Waals surface area contributed by atoms with Gasteiger partial charge in [-0.05, 0) is 37.1 Å². The maximum absolute atomic E-state index is 12.2. The van der Waals surface area contributed by atoms with E-state index in [9.17, 15) is 14.4 Å². The number of anilines is 2. The van der Waals surface area contributed by atoms with Gasteiger partial charge in [0.05, 0.1) is 5.92 Å². The zero-order valence-electron chi connectivity index (χ0n) is 13.0. The van der Waals surface area contributed by atoms with Crippen LogP contribution in [0.25, 0.3) is 0 Å². The number of nitrogens with one attached hydrogen (secondary N) is 2. The molecular weight excluding hydrogens is 298 g/mol. The van der Waals surface area contributed by atoms with E-state index in [1.54, 1.807) is 31.2 Å². The fourth-order valence-corrected chi connectivity index (χ4v) is 2.45. The first-order valence-electron chi connectivity index (χ1n) is 7.68. The molecule has 0 bridgehead atoms. The Kier molecular flexibility index (Phi) is 5.56. The predicted molar refractivity (Wildman–Crippen MR) is 86.3 cm³/mol. The number of hydrogen-bond donors (Lipinski definition) is 3. The fourth-order valence-electron chi connectivity index (χ4n) is 2.45. The van der Waals surface area contributed by atoms with Crippen molar-refractivity contribution in [3.8, 4) is 0 Å². The van der Waals surface area contributed by atoms with Crippen molar-refractivity contribution in [2.45, 2.75) is 26.2 Å². The summed E-state index contributed by atoms with van der Waals surface area (Å²) in [6.07, 6.45) is 1.69. The van der Waals surface area contributed by atoms with Crippen molar-refractivity contribution in [1.82, 2.24) is 4.90 Å². The number of carboxylic acids is 1. The smallest absolute Gasteiger partial charge is 0.321 e. The highest BCUT2D eigenvalue weighted by Crippen LogP contribution is 2.19. The second-order valence-electron chi connectivity index (χ2n) is 5.53. The highest BCUT2D eigenvalue weighted by molar-refractivity contribution is 5.92. The van der Waals surface area contributed by atoms with Crippen LogP contribution in [-0.2, 0) is 9.59 Å². The summed E-state index contributed by atoms with van der Waals surface area (Å²) < 4.78 is 0. The van der Waals surface area contributed by atoms with Gasteiger partial charge in [-0.15, -0.1) is 0 Å². The Bertz CT molecular complexity index is 585. The van der Waals surface area contributed by atoms with Crippen LogP contribution in [0.1, 0.15) is 26.2 Å². The van der Waals surface area contributed by atoms with E-state index in [0.29, 0.717) is 37.2 Å². The Balaban J connectivity index is 1.92. The van der Waals surface area contributed by atoms with E-state index in [-0.39, 0.29) is 18.5 Å². The van der Waals surface area contributed by atoms with Crippen molar-refractivity contribution in [1.29, 1.82) is 0 Å². The van der Waals surface area contributed by atoms with Crippen molar-refractivity contribution in [3.63, 3.8) is 0 Å². The molecule has 1 aromatic carbocycles. The highest BCUT2D eigenvalue weighted by atomic mass is 16.4. The molecular formula is C16H21N3O4. The van der Waals surface area contributed by atoms with E-state index in [0.717, 1.165) is 0 Å². The van der Waals surface area contributed by atoms with Crippen LogP contribution in [0.3, 0.4) is 0 Å². The lowest BCUT2D eigenvalue weighted by Gasteiger charge is -2.30. The predicted octanol–water partition coefficient (Wildman–Crippen LogP) is 2.36. The molecule has 1 unspecified atom stereocenters. The number of amides is 3. The van der Waals surface area contributed by atoms with E-state index in [1.165, 1.54) is 4.90 Å². The lowest BCUT2D eigenvalue weighted by molar-refractivity contribution is -0.143. The molecule has 1 aromatic rings. The molecule has 0 aliphatic carbocycles. The van der Waals surface area contributed by atoms with Crippen LogP contribution in [0, 0.1) is 5.92 Å². The molecule has 124 valence electrons. The third-order valence-corrected chi connectivity index (χ3v) is 3.80. The lowest BCUT2D eigenvalue weighted by atomic mass is 9.99. The summed E-state index contributed by atoms with van der Waals surface area (Å²) >= 11 is 0. The average molecular weight is 319 g/mol. The van der Waals surface area contributed by atoms with E-state index in [2.05, 4.69) is 10.6 Å². The van der Waals surface area contributed by atoms with Crippen LogP contribution in [-0.4, -0.2) is 41.0 Å². The molecule has 3 N–H and O–H groups in total. The summed E-state index contributed by atoms with van der Waals surface area (Å²) in [7, 11) is 0. The Hall–Kier alpha value is -2.57. The highest BCUT2D eigenvalue weighted by Gasteiger charge is 2.28. The number of nitrogens with zero attached hydrogens (tertiary/aromatic N) is 1. The van der Waals surface area contributed by atoms with Crippen LogP contribution in [0.15, 0.2) is 24.3 Å². The molecule has 0 saturated carbocycles. The maximum atomic E-state index is 12.2. The second kappa shape index (κ2) is 7.62. The van der Waals surface area contributed by atoms with Gasteiger partial charge in [-0.3, -0.25) is 9.59 Å². The second-order valence-corrected chi connectivity index (χ2v) is 5.53. The molecule has 3 amide bonds. The fraction of sp³-hybridized carbons (Fsp3) is 0.438. The minimum atomic E-state index is -0.862. The third kappa shape index (κ3) is 4.70. The van der Waals surface area contributed by atoms with E-state index in [4.69, 9.17) is 5.11 Å². The summed E-state index contributed by atoms with van der Waals surface area (Å²) in [5, 5.41) is 14.5. The van der Waals surface area contributed by atoms with Gasteiger partial charge in [-0.2, -0.15) is 0 Å². The first-order chi connectivity index (χ1) is 11.0. The molecule has 7 heteroatoms. The topological polar surface area (TPSA) is 98.7 Å². The van der Waals surface area contributed by atoms with E-state index in [1.807, 2.05) is 0 Å². The number of likely N-dealkylation sites (tertiary alicyclic amines) is 1. The van der Waals surface area contributed by atoms with Gasteiger partial charge in [0.2, 0.25) is 5.91 Å². The normalized spacial score (nSPS) is 17.4. The molecule has 0 radical (unpaired) electrons. The average Bonchev–Trinajstić information content (AvgIpc) is 2.56. The number of piperidine rings is 1. The molecule has 1 aliphatic heterocycles. The van der Waals surface area contributed by atoms with E-state index < -0.39 is 11.9 Å². The van der Waals surface area contributed by atoms with Gasteiger partial charge in [0.25, 0.3) is 0 Å². The van der Waals surface area contributed by atoms with Crippen molar-refractivity contribution < 1.29 is 19.5 Å². The molecule has 1 atom stereocenters. The number of carboxylic acid groups (broad SMARTS) is 1. The zero-order chi connectivity index (χ0) is 16.8. The number of benzene rings is 1. The third-order valence-electron chi connectivity index (χ3n) is 3.80. The molecule has 2 rings (SSSR count). The number of aliphatic carboxylic acids is 1. The summed E-state index contributed by atoms with van der Waals surface area (Å²) in [5.41, 5.74) is 1.26. The molecule has 1 heterocycles. The van der Waals surface area contributed by atoms with Crippen LogP contribution in [0.5, 0.6) is 0 Å². The Labute approximate surface area is 134 Å². The largest absolute Gasteiger partial charge is 0.481 e. The van der Waals surface area contributed by atoms with Crippen LogP contribution in [0.4, 0.5) is 16.2 Å². The molecule has 23 heavy (non-hydrogen) atoms. The van der Waals surface area contributed by atoms with Gasteiger partial charge in [-0.1, -0.05) is 6.92 Å². The van der Waals surface area contributed by atoms with Crippen molar-refractivity contribution in [2.24, 2.45) is 5.92 Å². The number of urea groups is 1. The summed E-state index contributed by atoms with van der Waals surface area (Å²) in [6.45, 7) is 2.55. The summed E-state index contributed by atoms with van der Waals surface area (Å²) in [4.78, 5) is 36.1. The Morgan fingerprint density at radius 1 is 1.17 bits per heavy atom. The summed E-state index contributed by atoms with van der Waals surface area (Å²) in [6, 6.07) is 6.50. The molecule has 0 spiro atoms. The van der Waals surface area contributed by atoms with Gasteiger partial charge >= 0.3 is 12.0 Å². The SMILES string of the molecule is CCC(=O)Nc1ccc(NC(=O)N2CCCC(C(=O)O)C2)cc1. The monoisotopic (exact) mass is 319 g/mol. The minimum Gasteiger partial charge on any atom is -0.481 e. The first-order valence-corrected chi connectivity index (χ1v) is 7.68. The maximum Gasteiger partial charge on any atom is 0.321 e. The van der Waals surface area contributed by atoms with Crippen molar-refractivity contribution in [2.75, 3.05) is 23.7 Å². The number of rotatable bonds is 4. The first kappa shape index (κ1) is 16.8. The van der Waals surface area contributed by atoms with Crippen LogP contribution in [0.2, 0.25) is 0 Å². The molecule has 1 saturated heterocycles. The minimum absolute atomic E-state index is 0.0742. The number of carbonyl (C=O) groups excluding carboxylic acids is 2. The van der Waals surface area contributed by atoms with Crippen LogP contribution >= 0.6 is 0 Å².